The fourth-order valence-electron chi connectivity index (χ4n) is 2.92. The van der Waals surface area contributed by atoms with Crippen molar-refractivity contribution in [1.29, 1.82) is 0 Å². The van der Waals surface area contributed by atoms with Gasteiger partial charge in [0.1, 0.15) is 6.10 Å². The molecule has 2 heterocycles. The zero-order valence-corrected chi connectivity index (χ0v) is 14.5. The van der Waals surface area contributed by atoms with Gasteiger partial charge >= 0.3 is 0 Å². The normalized spacial score (nSPS) is 16.7. The van der Waals surface area contributed by atoms with Crippen LogP contribution < -0.4 is 5.32 Å². The fourth-order valence-corrected chi connectivity index (χ4v) is 3.92. The number of nitrogens with one attached hydrogen (secondary N) is 1. The van der Waals surface area contributed by atoms with Gasteiger partial charge in [0, 0.05) is 12.2 Å². The number of ether oxygens (including phenoxy) is 1. The lowest BCUT2D eigenvalue weighted by molar-refractivity contribution is -0.124. The summed E-state index contributed by atoms with van der Waals surface area (Å²) in [5.74, 6) is -0.106. The number of carbonyl (C=O) groups is 1. The molecule has 2 aromatic carbocycles. The Balaban J connectivity index is 1.69. The quantitative estimate of drug-likeness (QED) is 0.748. The SMILES string of the molecule is O=C(Nc1nc(-c2ccccc2)c(-c2ccccc2)s1)[C@H]1CCCO1. The molecule has 0 aliphatic carbocycles. The van der Waals surface area contributed by atoms with Crippen molar-refractivity contribution in [1.82, 2.24) is 4.98 Å². The Kier molecular flexibility index (Phi) is 4.59. The largest absolute Gasteiger partial charge is 0.368 e. The van der Waals surface area contributed by atoms with Gasteiger partial charge < -0.3 is 4.74 Å². The smallest absolute Gasteiger partial charge is 0.255 e. The molecular formula is C20H18N2O2S. The van der Waals surface area contributed by atoms with E-state index in [4.69, 9.17) is 9.72 Å². The maximum atomic E-state index is 12.3. The summed E-state index contributed by atoms with van der Waals surface area (Å²) in [7, 11) is 0. The van der Waals surface area contributed by atoms with E-state index in [-0.39, 0.29) is 12.0 Å². The fraction of sp³-hybridized carbons (Fsp3) is 0.200. The van der Waals surface area contributed by atoms with Gasteiger partial charge in [0.05, 0.1) is 10.6 Å². The molecule has 4 nitrogen and oxygen atoms in total. The first-order chi connectivity index (χ1) is 12.3. The van der Waals surface area contributed by atoms with Crippen LogP contribution >= 0.6 is 11.3 Å². The monoisotopic (exact) mass is 350 g/mol. The highest BCUT2D eigenvalue weighted by molar-refractivity contribution is 7.19. The molecule has 3 aromatic rings. The van der Waals surface area contributed by atoms with Gasteiger partial charge in [0.25, 0.3) is 5.91 Å². The second kappa shape index (κ2) is 7.17. The maximum Gasteiger partial charge on any atom is 0.255 e. The van der Waals surface area contributed by atoms with Crippen LogP contribution in [-0.4, -0.2) is 23.6 Å². The third-order valence-electron chi connectivity index (χ3n) is 4.16. The van der Waals surface area contributed by atoms with Crippen LogP contribution in [0.25, 0.3) is 21.7 Å². The molecule has 1 amide bonds. The molecular weight excluding hydrogens is 332 g/mol. The average Bonchev–Trinajstić information content (AvgIpc) is 3.33. The zero-order valence-electron chi connectivity index (χ0n) is 13.6. The molecule has 25 heavy (non-hydrogen) atoms. The zero-order chi connectivity index (χ0) is 17.1. The van der Waals surface area contributed by atoms with Gasteiger partial charge in [-0.25, -0.2) is 4.98 Å². The summed E-state index contributed by atoms with van der Waals surface area (Å²) in [5.41, 5.74) is 3.02. The molecule has 1 fully saturated rings. The summed E-state index contributed by atoms with van der Waals surface area (Å²) < 4.78 is 5.46. The second-order valence-corrected chi connectivity index (χ2v) is 6.92. The molecule has 1 aliphatic rings. The predicted octanol–water partition coefficient (Wildman–Crippen LogP) is 4.59. The van der Waals surface area contributed by atoms with E-state index in [1.165, 1.54) is 11.3 Å². The summed E-state index contributed by atoms with van der Waals surface area (Å²) in [6, 6.07) is 20.2. The number of nitrogens with zero attached hydrogens (tertiary/aromatic N) is 1. The van der Waals surface area contributed by atoms with Crippen molar-refractivity contribution < 1.29 is 9.53 Å². The van der Waals surface area contributed by atoms with E-state index in [1.54, 1.807) is 0 Å². The number of hydrogen-bond donors (Lipinski definition) is 1. The molecule has 1 saturated heterocycles. The number of rotatable bonds is 4. The van der Waals surface area contributed by atoms with Crippen LogP contribution in [0.4, 0.5) is 5.13 Å². The van der Waals surface area contributed by atoms with Crippen LogP contribution in [0.5, 0.6) is 0 Å². The molecule has 0 radical (unpaired) electrons. The number of anilines is 1. The molecule has 0 bridgehead atoms. The van der Waals surface area contributed by atoms with Crippen molar-refractivity contribution in [3.05, 3.63) is 60.7 Å². The standard InChI is InChI=1S/C20H18N2O2S/c23-19(16-12-7-13-24-16)22-20-21-17(14-8-3-1-4-9-14)18(25-20)15-10-5-2-6-11-15/h1-6,8-11,16H,7,12-13H2,(H,21,22,23)/t16-/m1/s1. The van der Waals surface area contributed by atoms with Crippen LogP contribution in [-0.2, 0) is 9.53 Å². The first-order valence-electron chi connectivity index (χ1n) is 8.35. The Bertz CT molecular complexity index is 799. The van der Waals surface area contributed by atoms with E-state index >= 15 is 0 Å². The van der Waals surface area contributed by atoms with Gasteiger partial charge in [-0.05, 0) is 18.4 Å². The number of benzene rings is 2. The molecule has 0 unspecified atom stereocenters. The lowest BCUT2D eigenvalue weighted by Gasteiger charge is -2.07. The van der Waals surface area contributed by atoms with Crippen molar-refractivity contribution in [2.45, 2.75) is 18.9 Å². The highest BCUT2D eigenvalue weighted by Gasteiger charge is 2.25. The van der Waals surface area contributed by atoms with E-state index in [0.717, 1.165) is 34.5 Å². The van der Waals surface area contributed by atoms with Gasteiger partial charge in [-0.15, -0.1) is 0 Å². The first kappa shape index (κ1) is 16.0. The van der Waals surface area contributed by atoms with Crippen LogP contribution in [0, 0.1) is 0 Å². The van der Waals surface area contributed by atoms with Crippen LogP contribution in [0.15, 0.2) is 60.7 Å². The molecule has 1 atom stereocenters. The third kappa shape index (κ3) is 3.48. The summed E-state index contributed by atoms with van der Waals surface area (Å²) in [4.78, 5) is 18.1. The number of aromatic nitrogens is 1. The van der Waals surface area contributed by atoms with Crippen molar-refractivity contribution in [2.75, 3.05) is 11.9 Å². The first-order valence-corrected chi connectivity index (χ1v) is 9.17. The summed E-state index contributed by atoms with van der Waals surface area (Å²) in [6.07, 6.45) is 1.35. The lowest BCUT2D eigenvalue weighted by atomic mass is 10.1. The van der Waals surface area contributed by atoms with Gasteiger partial charge in [0.2, 0.25) is 0 Å². The van der Waals surface area contributed by atoms with E-state index < -0.39 is 0 Å². The van der Waals surface area contributed by atoms with Gasteiger partial charge in [-0.1, -0.05) is 72.0 Å². The Morgan fingerprint density at radius 1 is 1.04 bits per heavy atom. The predicted molar refractivity (Wildman–Crippen MR) is 101 cm³/mol. The molecule has 126 valence electrons. The topological polar surface area (TPSA) is 51.2 Å². The Hall–Kier alpha value is -2.50. The van der Waals surface area contributed by atoms with Crippen molar-refractivity contribution in [3.63, 3.8) is 0 Å². The van der Waals surface area contributed by atoms with E-state index in [2.05, 4.69) is 17.4 Å². The van der Waals surface area contributed by atoms with Gasteiger partial charge in [-0.2, -0.15) is 0 Å². The van der Waals surface area contributed by atoms with Gasteiger partial charge in [0.15, 0.2) is 5.13 Å². The number of amides is 1. The lowest BCUT2D eigenvalue weighted by Crippen LogP contribution is -2.26. The average molecular weight is 350 g/mol. The molecule has 0 spiro atoms. The van der Waals surface area contributed by atoms with E-state index in [1.807, 2.05) is 48.5 Å². The molecule has 5 heteroatoms. The summed E-state index contributed by atoms with van der Waals surface area (Å²) in [5, 5.41) is 3.54. The minimum absolute atomic E-state index is 0.106. The highest BCUT2D eigenvalue weighted by atomic mass is 32.1. The number of carbonyl (C=O) groups excluding carboxylic acids is 1. The number of hydrogen-bond acceptors (Lipinski definition) is 4. The second-order valence-electron chi connectivity index (χ2n) is 5.92. The molecule has 1 aliphatic heterocycles. The molecule has 0 saturated carbocycles. The van der Waals surface area contributed by atoms with E-state index in [0.29, 0.717) is 11.7 Å². The minimum Gasteiger partial charge on any atom is -0.368 e. The summed E-state index contributed by atoms with van der Waals surface area (Å²) >= 11 is 1.50. The minimum atomic E-state index is -0.357. The van der Waals surface area contributed by atoms with Crippen molar-refractivity contribution in [2.24, 2.45) is 0 Å². The Morgan fingerprint density at radius 3 is 2.36 bits per heavy atom. The van der Waals surface area contributed by atoms with Crippen molar-refractivity contribution >= 4 is 22.4 Å². The molecule has 1 N–H and O–H groups in total. The number of thiazole rings is 1. The molecule has 4 rings (SSSR count). The van der Waals surface area contributed by atoms with Crippen LogP contribution in [0.3, 0.4) is 0 Å². The van der Waals surface area contributed by atoms with E-state index in [9.17, 15) is 4.79 Å². The van der Waals surface area contributed by atoms with Crippen LogP contribution in [0.2, 0.25) is 0 Å². The van der Waals surface area contributed by atoms with Gasteiger partial charge in [-0.3, -0.25) is 10.1 Å². The van der Waals surface area contributed by atoms with Crippen molar-refractivity contribution in [3.8, 4) is 21.7 Å². The molecule has 1 aromatic heterocycles. The summed E-state index contributed by atoms with van der Waals surface area (Å²) in [6.45, 7) is 0.653. The maximum absolute atomic E-state index is 12.3. The Labute approximate surface area is 150 Å². The third-order valence-corrected chi connectivity index (χ3v) is 5.18. The Morgan fingerprint density at radius 2 is 1.72 bits per heavy atom. The highest BCUT2D eigenvalue weighted by Crippen LogP contribution is 2.39. The van der Waals surface area contributed by atoms with Crippen LogP contribution in [0.1, 0.15) is 12.8 Å².